The largest absolute Gasteiger partial charge is 0.496 e. The second-order valence-corrected chi connectivity index (χ2v) is 7.20. The molecule has 2 heterocycles. The maximum atomic E-state index is 12.4. The van der Waals surface area contributed by atoms with Gasteiger partial charge in [0.15, 0.2) is 0 Å². The highest BCUT2D eigenvalue weighted by atomic mass is 16.5. The molecule has 160 valence electrons. The highest BCUT2D eigenvalue weighted by Crippen LogP contribution is 2.19. The Morgan fingerprint density at radius 3 is 2.84 bits per heavy atom. The molecule has 4 rings (SSSR count). The Morgan fingerprint density at radius 2 is 2.03 bits per heavy atom. The molecule has 1 aliphatic rings. The fourth-order valence-electron chi connectivity index (χ4n) is 3.56. The van der Waals surface area contributed by atoms with E-state index in [0.717, 1.165) is 24.1 Å². The van der Waals surface area contributed by atoms with Crippen LogP contribution in [0.2, 0.25) is 0 Å². The molecule has 1 aromatic carbocycles. The quantitative estimate of drug-likeness (QED) is 0.526. The molecule has 31 heavy (non-hydrogen) atoms. The maximum absolute atomic E-state index is 12.4. The summed E-state index contributed by atoms with van der Waals surface area (Å²) < 4.78 is 6.56. The summed E-state index contributed by atoms with van der Waals surface area (Å²) in [6.45, 7) is 1.87. The minimum absolute atomic E-state index is 0.133. The Bertz CT molecular complexity index is 1210. The zero-order valence-electron chi connectivity index (χ0n) is 17.2. The zero-order chi connectivity index (χ0) is 22.0. The molecule has 2 amide bonds. The van der Waals surface area contributed by atoms with Gasteiger partial charge in [-0.05, 0) is 32.3 Å². The van der Waals surface area contributed by atoms with Gasteiger partial charge < -0.3 is 15.4 Å². The van der Waals surface area contributed by atoms with Gasteiger partial charge in [-0.3, -0.25) is 19.4 Å². The fraction of sp³-hybridized carbons (Fsp3) is 0.286. The van der Waals surface area contributed by atoms with Crippen molar-refractivity contribution in [2.45, 2.75) is 32.7 Å². The average Bonchev–Trinajstić information content (AvgIpc) is 3.38. The summed E-state index contributed by atoms with van der Waals surface area (Å²) in [4.78, 5) is 44.3. The lowest BCUT2D eigenvalue weighted by molar-refractivity contribution is -0.136. The number of para-hydroxylation sites is 1. The van der Waals surface area contributed by atoms with Gasteiger partial charge in [-0.1, -0.05) is 18.2 Å². The van der Waals surface area contributed by atoms with E-state index in [9.17, 15) is 14.4 Å². The minimum Gasteiger partial charge on any atom is -0.496 e. The molecule has 10 heteroatoms. The lowest BCUT2D eigenvalue weighted by Gasteiger charge is -2.11. The molecule has 3 aromatic rings. The summed E-state index contributed by atoms with van der Waals surface area (Å²) in [5, 5.41) is 9.40. The number of hydrogen-bond acceptors (Lipinski definition) is 6. The van der Waals surface area contributed by atoms with Gasteiger partial charge in [0.05, 0.1) is 18.5 Å². The van der Waals surface area contributed by atoms with Crippen molar-refractivity contribution in [1.29, 1.82) is 0 Å². The third-order valence-electron chi connectivity index (χ3n) is 5.04. The van der Waals surface area contributed by atoms with Crippen molar-refractivity contribution < 1.29 is 14.3 Å². The number of anilines is 1. The number of nitrogens with zero attached hydrogens (tertiary/aromatic N) is 3. The SMILES string of the molecule is COc1ccccc1CNC(=O)C(=O)Nc1cc(C)nn1-c1nc2c(c(=O)[nH]1)CCC2. The van der Waals surface area contributed by atoms with Gasteiger partial charge in [0.2, 0.25) is 5.95 Å². The Labute approximate surface area is 177 Å². The van der Waals surface area contributed by atoms with E-state index in [-0.39, 0.29) is 23.9 Å². The van der Waals surface area contributed by atoms with Gasteiger partial charge in [0, 0.05) is 23.7 Å². The van der Waals surface area contributed by atoms with E-state index in [1.165, 1.54) is 11.8 Å². The van der Waals surface area contributed by atoms with Crippen LogP contribution in [0.15, 0.2) is 35.1 Å². The van der Waals surface area contributed by atoms with E-state index in [1.807, 2.05) is 12.1 Å². The van der Waals surface area contributed by atoms with Crippen molar-refractivity contribution in [2.24, 2.45) is 0 Å². The summed E-state index contributed by atoms with van der Waals surface area (Å²) in [6, 6.07) is 8.80. The minimum atomic E-state index is -0.862. The summed E-state index contributed by atoms with van der Waals surface area (Å²) >= 11 is 0. The van der Waals surface area contributed by atoms with Crippen LogP contribution in [0.4, 0.5) is 5.82 Å². The number of methoxy groups -OCH3 is 1. The Balaban J connectivity index is 1.50. The Kier molecular flexibility index (Phi) is 5.52. The number of ether oxygens (including phenoxy) is 1. The molecule has 0 spiro atoms. The first-order chi connectivity index (χ1) is 15.0. The number of benzene rings is 1. The van der Waals surface area contributed by atoms with E-state index >= 15 is 0 Å². The fourth-order valence-corrected chi connectivity index (χ4v) is 3.56. The number of nitrogens with one attached hydrogen (secondary N) is 3. The summed E-state index contributed by atoms with van der Waals surface area (Å²) in [5.74, 6) is -0.630. The lowest BCUT2D eigenvalue weighted by atomic mass is 10.2. The molecular weight excluding hydrogens is 400 g/mol. The first kappa shape index (κ1) is 20.3. The van der Waals surface area contributed by atoms with Crippen LogP contribution in [0.25, 0.3) is 5.95 Å². The van der Waals surface area contributed by atoms with Crippen molar-refractivity contribution in [2.75, 3.05) is 12.4 Å². The van der Waals surface area contributed by atoms with Crippen LogP contribution >= 0.6 is 0 Å². The van der Waals surface area contributed by atoms with E-state index < -0.39 is 11.8 Å². The molecule has 1 aliphatic carbocycles. The molecule has 0 bridgehead atoms. The monoisotopic (exact) mass is 422 g/mol. The van der Waals surface area contributed by atoms with E-state index in [2.05, 4.69) is 25.7 Å². The average molecular weight is 422 g/mol. The second-order valence-electron chi connectivity index (χ2n) is 7.20. The van der Waals surface area contributed by atoms with Gasteiger partial charge in [0.25, 0.3) is 5.56 Å². The molecular formula is C21H22N6O4. The van der Waals surface area contributed by atoms with Crippen LogP contribution in [0.3, 0.4) is 0 Å². The molecule has 0 fully saturated rings. The number of aromatic nitrogens is 4. The zero-order valence-corrected chi connectivity index (χ0v) is 17.2. The highest BCUT2D eigenvalue weighted by molar-refractivity contribution is 6.39. The van der Waals surface area contributed by atoms with Crippen molar-refractivity contribution >= 4 is 17.6 Å². The second kappa shape index (κ2) is 8.42. The van der Waals surface area contributed by atoms with E-state index in [0.29, 0.717) is 23.4 Å². The molecule has 0 aliphatic heterocycles. The van der Waals surface area contributed by atoms with Gasteiger partial charge in [-0.2, -0.15) is 9.78 Å². The van der Waals surface area contributed by atoms with Crippen molar-refractivity contribution in [3.05, 3.63) is 63.2 Å². The van der Waals surface area contributed by atoms with Gasteiger partial charge in [-0.15, -0.1) is 0 Å². The first-order valence-electron chi connectivity index (χ1n) is 9.86. The number of fused-ring (bicyclic) bond motifs is 1. The molecule has 3 N–H and O–H groups in total. The number of carbonyl (C=O) groups is 2. The molecule has 0 atom stereocenters. The van der Waals surface area contributed by atoms with Crippen molar-refractivity contribution in [1.82, 2.24) is 25.1 Å². The van der Waals surface area contributed by atoms with Crippen LogP contribution in [0.5, 0.6) is 5.75 Å². The van der Waals surface area contributed by atoms with Crippen molar-refractivity contribution in [3.8, 4) is 11.7 Å². The Morgan fingerprint density at radius 1 is 1.23 bits per heavy atom. The van der Waals surface area contributed by atoms with E-state index in [1.54, 1.807) is 25.1 Å². The van der Waals surface area contributed by atoms with Crippen LogP contribution in [0.1, 0.15) is 28.9 Å². The van der Waals surface area contributed by atoms with Gasteiger partial charge >= 0.3 is 11.8 Å². The molecule has 10 nitrogen and oxygen atoms in total. The Hall–Kier alpha value is -3.95. The van der Waals surface area contributed by atoms with Gasteiger partial charge in [0.1, 0.15) is 11.6 Å². The number of rotatable bonds is 5. The molecule has 0 unspecified atom stereocenters. The topological polar surface area (TPSA) is 131 Å². The maximum Gasteiger partial charge on any atom is 0.314 e. The van der Waals surface area contributed by atoms with Gasteiger partial charge in [-0.25, -0.2) is 4.98 Å². The first-order valence-corrected chi connectivity index (χ1v) is 9.86. The van der Waals surface area contributed by atoms with Crippen LogP contribution < -0.4 is 20.9 Å². The smallest absolute Gasteiger partial charge is 0.314 e. The normalized spacial score (nSPS) is 12.3. The number of aryl methyl sites for hydroxylation is 2. The third kappa shape index (κ3) is 4.18. The lowest BCUT2D eigenvalue weighted by Crippen LogP contribution is -2.35. The molecule has 0 saturated carbocycles. The van der Waals surface area contributed by atoms with Crippen LogP contribution in [-0.4, -0.2) is 38.7 Å². The molecule has 2 aromatic heterocycles. The number of carbonyl (C=O) groups excluding carboxylic acids is 2. The van der Waals surface area contributed by atoms with Crippen molar-refractivity contribution in [3.63, 3.8) is 0 Å². The number of amides is 2. The van der Waals surface area contributed by atoms with E-state index in [4.69, 9.17) is 4.74 Å². The number of aromatic amines is 1. The number of hydrogen-bond donors (Lipinski definition) is 3. The standard InChI is InChI=1S/C21H22N6O4/c1-12-10-17(27(26-12)21-23-15-8-5-7-14(15)18(28)25-21)24-20(30)19(29)22-11-13-6-3-4-9-16(13)31-2/h3-4,6,9-10H,5,7-8,11H2,1-2H3,(H,22,29)(H,24,30)(H,23,25,28). The highest BCUT2D eigenvalue weighted by Gasteiger charge is 2.21. The number of H-pyrrole nitrogens is 1. The molecule has 0 radical (unpaired) electrons. The summed E-state index contributed by atoms with van der Waals surface area (Å²) in [5.41, 5.74) is 2.55. The third-order valence-corrected chi connectivity index (χ3v) is 5.04. The van der Waals surface area contributed by atoms with Crippen LogP contribution in [0, 0.1) is 6.92 Å². The predicted octanol–water partition coefficient (Wildman–Crippen LogP) is 1.02. The molecule has 0 saturated heterocycles. The van der Waals surface area contributed by atoms with Crippen LogP contribution in [-0.2, 0) is 29.0 Å². The summed E-state index contributed by atoms with van der Waals surface area (Å²) in [6.07, 6.45) is 2.30. The summed E-state index contributed by atoms with van der Waals surface area (Å²) in [7, 11) is 1.54. The predicted molar refractivity (Wildman–Crippen MR) is 112 cm³/mol.